The molecule has 5 nitrogen and oxygen atoms in total. The molecule has 1 aromatic carbocycles. The fraction of sp³-hybridized carbons (Fsp3) is 0.625. The van der Waals surface area contributed by atoms with E-state index in [1.165, 1.54) is 19.9 Å². The maximum atomic E-state index is 14.0. The van der Waals surface area contributed by atoms with Crippen LogP contribution in [0.2, 0.25) is 0 Å². The van der Waals surface area contributed by atoms with E-state index in [4.69, 9.17) is 9.47 Å². The van der Waals surface area contributed by atoms with E-state index in [9.17, 15) is 13.9 Å². The molecule has 0 bridgehead atoms. The Labute approximate surface area is 135 Å². The van der Waals surface area contributed by atoms with Crippen LogP contribution in [0.15, 0.2) is 12.1 Å². The Morgan fingerprint density at radius 1 is 1.26 bits per heavy atom. The Kier molecular flexibility index (Phi) is 5.78. The van der Waals surface area contributed by atoms with Crippen molar-refractivity contribution in [1.29, 1.82) is 0 Å². The largest absolute Gasteiger partial charge is 0.488 e. The molecule has 130 valence electrons. The summed E-state index contributed by atoms with van der Waals surface area (Å²) in [5.74, 6) is -2.67. The number of halogens is 2. The van der Waals surface area contributed by atoms with Gasteiger partial charge in [0.15, 0.2) is 17.4 Å². The first-order chi connectivity index (χ1) is 10.8. The minimum Gasteiger partial charge on any atom is -0.488 e. The topological polar surface area (TPSA) is 54.0 Å². The van der Waals surface area contributed by atoms with E-state index in [0.717, 1.165) is 19.2 Å². The van der Waals surface area contributed by atoms with Crippen molar-refractivity contribution in [2.45, 2.75) is 32.7 Å². The lowest BCUT2D eigenvalue weighted by molar-refractivity contribution is -0.206. The molecule has 0 radical (unpaired) electrons. The normalized spacial score (nSPS) is 17.2. The van der Waals surface area contributed by atoms with E-state index in [2.05, 4.69) is 5.32 Å². The van der Waals surface area contributed by atoms with E-state index in [1.54, 1.807) is 6.92 Å². The van der Waals surface area contributed by atoms with Crippen LogP contribution in [0.4, 0.5) is 14.5 Å². The maximum Gasteiger partial charge on any atom is 0.168 e. The summed E-state index contributed by atoms with van der Waals surface area (Å²) in [7, 11) is 0. The Morgan fingerprint density at radius 3 is 2.52 bits per heavy atom. The van der Waals surface area contributed by atoms with E-state index in [0.29, 0.717) is 18.8 Å². The lowest BCUT2D eigenvalue weighted by Gasteiger charge is -2.30. The highest BCUT2D eigenvalue weighted by Crippen LogP contribution is 2.28. The summed E-state index contributed by atoms with van der Waals surface area (Å²) in [6, 6.07) is 2.22. The Morgan fingerprint density at radius 2 is 1.91 bits per heavy atom. The molecule has 2 rings (SSSR count). The number of ether oxygens (including phenoxy) is 2. The van der Waals surface area contributed by atoms with Crippen LogP contribution in [0.1, 0.15) is 20.8 Å². The molecule has 0 saturated carbocycles. The molecule has 1 saturated heterocycles. The molecule has 1 fully saturated rings. The van der Waals surface area contributed by atoms with Gasteiger partial charge in [-0.15, -0.1) is 0 Å². The zero-order valence-electron chi connectivity index (χ0n) is 13.7. The molecule has 0 spiro atoms. The molecule has 7 heteroatoms. The molecule has 0 aliphatic carbocycles. The van der Waals surface area contributed by atoms with E-state index >= 15 is 0 Å². The van der Waals surface area contributed by atoms with Gasteiger partial charge in [0, 0.05) is 38.3 Å². The second-order valence-electron chi connectivity index (χ2n) is 6.16. The Hall–Kier alpha value is -1.44. The summed E-state index contributed by atoms with van der Waals surface area (Å²) < 4.78 is 38.6. The molecule has 1 unspecified atom stereocenters. The molecular formula is C16H24F2N2O3. The minimum atomic E-state index is -1.30. The number of hydrogen-bond acceptors (Lipinski definition) is 5. The third kappa shape index (κ3) is 5.30. The first-order valence-corrected chi connectivity index (χ1v) is 7.74. The van der Waals surface area contributed by atoms with Crippen molar-refractivity contribution >= 4 is 5.69 Å². The van der Waals surface area contributed by atoms with Crippen molar-refractivity contribution in [1.82, 2.24) is 5.32 Å². The first kappa shape index (κ1) is 17.9. The second kappa shape index (κ2) is 7.42. The van der Waals surface area contributed by atoms with Crippen LogP contribution in [-0.2, 0) is 4.74 Å². The predicted octanol–water partition coefficient (Wildman–Crippen LogP) is 1.89. The van der Waals surface area contributed by atoms with E-state index in [1.807, 2.05) is 4.90 Å². The molecule has 2 N–H and O–H groups in total. The zero-order chi connectivity index (χ0) is 17.0. The van der Waals surface area contributed by atoms with Gasteiger partial charge >= 0.3 is 0 Å². The fourth-order valence-corrected chi connectivity index (χ4v) is 2.51. The van der Waals surface area contributed by atoms with Crippen LogP contribution >= 0.6 is 0 Å². The summed E-state index contributed by atoms with van der Waals surface area (Å²) >= 11 is 0. The van der Waals surface area contributed by atoms with Crippen molar-refractivity contribution in [2.24, 2.45) is 0 Å². The van der Waals surface area contributed by atoms with Gasteiger partial charge in [-0.25, -0.2) is 8.78 Å². The van der Waals surface area contributed by atoms with Gasteiger partial charge < -0.3 is 24.8 Å². The van der Waals surface area contributed by atoms with Crippen LogP contribution in [0.5, 0.6) is 5.75 Å². The molecule has 1 aliphatic rings. The van der Waals surface area contributed by atoms with Crippen LogP contribution in [0.25, 0.3) is 0 Å². The molecule has 1 atom stereocenters. The monoisotopic (exact) mass is 330 g/mol. The lowest BCUT2D eigenvalue weighted by atomic mass is 10.2. The van der Waals surface area contributed by atoms with Gasteiger partial charge in [-0.05, 0) is 20.8 Å². The van der Waals surface area contributed by atoms with Crippen LogP contribution < -0.4 is 15.0 Å². The highest BCUT2D eigenvalue weighted by molar-refractivity contribution is 5.53. The third-order valence-corrected chi connectivity index (χ3v) is 3.42. The zero-order valence-corrected chi connectivity index (χ0v) is 13.7. The molecule has 23 heavy (non-hydrogen) atoms. The summed E-state index contributed by atoms with van der Waals surface area (Å²) in [5.41, 5.74) is 0.332. The second-order valence-corrected chi connectivity index (χ2v) is 6.16. The molecule has 1 aliphatic heterocycles. The number of hydrogen-bond donors (Lipinski definition) is 2. The number of rotatable bonds is 6. The van der Waals surface area contributed by atoms with Crippen LogP contribution in [0.3, 0.4) is 0 Å². The highest BCUT2D eigenvalue weighted by atomic mass is 19.1. The smallest absolute Gasteiger partial charge is 0.168 e. The maximum absolute atomic E-state index is 14.0. The van der Waals surface area contributed by atoms with Gasteiger partial charge in [-0.1, -0.05) is 0 Å². The van der Waals surface area contributed by atoms with Gasteiger partial charge in [0.2, 0.25) is 0 Å². The number of anilines is 1. The van der Waals surface area contributed by atoms with E-state index < -0.39 is 23.5 Å². The van der Waals surface area contributed by atoms with Crippen molar-refractivity contribution in [3.8, 4) is 5.75 Å². The number of piperazine rings is 1. The predicted molar refractivity (Wildman–Crippen MR) is 83.8 cm³/mol. The summed E-state index contributed by atoms with van der Waals surface area (Å²) in [4.78, 5) is 1.86. The van der Waals surface area contributed by atoms with Crippen LogP contribution in [-0.4, -0.2) is 49.8 Å². The van der Waals surface area contributed by atoms with Crippen LogP contribution in [0, 0.1) is 11.6 Å². The number of benzene rings is 1. The third-order valence-electron chi connectivity index (χ3n) is 3.42. The summed E-state index contributed by atoms with van der Waals surface area (Å²) in [6.45, 7) is 7.58. The standard InChI is InChI=1S/C16H24F2N2O3/c1-11(23-16(2,3)21)10-22-15-9-14(12(17)8-13(15)18)20-6-4-19-5-7-20/h8-9,11,19,21H,4-7,10H2,1-3H3. The van der Waals surface area contributed by atoms with Gasteiger partial charge in [-0.3, -0.25) is 0 Å². The molecule has 1 aromatic rings. The molecule has 0 amide bonds. The van der Waals surface area contributed by atoms with Gasteiger partial charge in [0.05, 0.1) is 11.8 Å². The summed E-state index contributed by atoms with van der Waals surface area (Å²) in [5, 5.41) is 12.8. The van der Waals surface area contributed by atoms with Gasteiger partial charge in [0.1, 0.15) is 12.4 Å². The average molecular weight is 330 g/mol. The van der Waals surface area contributed by atoms with Crippen molar-refractivity contribution in [3.63, 3.8) is 0 Å². The SMILES string of the molecule is CC(COc1cc(N2CCNCC2)c(F)cc1F)OC(C)(C)O. The van der Waals surface area contributed by atoms with E-state index in [-0.39, 0.29) is 12.4 Å². The number of nitrogens with zero attached hydrogens (tertiary/aromatic N) is 1. The average Bonchev–Trinajstić information content (AvgIpc) is 2.45. The molecular weight excluding hydrogens is 306 g/mol. The van der Waals surface area contributed by atoms with Crippen molar-refractivity contribution in [3.05, 3.63) is 23.8 Å². The lowest BCUT2D eigenvalue weighted by Crippen LogP contribution is -2.43. The van der Waals surface area contributed by atoms with Gasteiger partial charge in [0.25, 0.3) is 0 Å². The quantitative estimate of drug-likeness (QED) is 0.780. The number of nitrogens with one attached hydrogen (secondary N) is 1. The summed E-state index contributed by atoms with van der Waals surface area (Å²) in [6.07, 6.45) is -0.443. The Bertz CT molecular complexity index is 529. The molecule has 1 heterocycles. The minimum absolute atomic E-state index is 0.0221. The fourth-order valence-electron chi connectivity index (χ4n) is 2.51. The Balaban J connectivity index is 2.06. The molecule has 0 aromatic heterocycles. The van der Waals surface area contributed by atoms with Crippen molar-refractivity contribution in [2.75, 3.05) is 37.7 Å². The van der Waals surface area contributed by atoms with Crippen molar-refractivity contribution < 1.29 is 23.4 Å². The highest BCUT2D eigenvalue weighted by Gasteiger charge is 2.20. The van der Waals surface area contributed by atoms with Gasteiger partial charge in [-0.2, -0.15) is 0 Å². The number of aliphatic hydroxyl groups is 1. The first-order valence-electron chi connectivity index (χ1n) is 7.74.